The molecule has 1 saturated heterocycles. The zero-order valence-corrected chi connectivity index (χ0v) is 9.64. The van der Waals surface area contributed by atoms with E-state index in [-0.39, 0.29) is 0 Å². The Morgan fingerprint density at radius 3 is 2.17 bits per heavy atom. The molecule has 0 unspecified atom stereocenters. The van der Waals surface area contributed by atoms with Crippen molar-refractivity contribution < 1.29 is 0 Å². The quantitative estimate of drug-likeness (QED) is 0.659. The Kier molecular flexibility index (Phi) is 3.32. The van der Waals surface area contributed by atoms with Gasteiger partial charge in [-0.25, -0.2) is 0 Å². The molecule has 2 N–H and O–H groups in total. The first-order valence-electron chi connectivity index (χ1n) is 4.95. The van der Waals surface area contributed by atoms with E-state index in [2.05, 4.69) is 24.5 Å². The Morgan fingerprint density at radius 2 is 1.75 bits per heavy atom. The van der Waals surface area contributed by atoms with Gasteiger partial charge >= 0.3 is 0 Å². The molecule has 3 heteroatoms. The first-order chi connectivity index (χ1) is 5.47. The fourth-order valence-corrected chi connectivity index (χ4v) is 3.44. The molecule has 1 fully saturated rings. The predicted octanol–water partition coefficient (Wildman–Crippen LogP) is 1.29. The standard InChI is InChI=1S/C9H22N2Si/c1-12(2,3)8-11-6-4-9(10)5-7-11/h9H,4-8,10H2,1-3H3. The molecule has 0 saturated carbocycles. The molecule has 12 heavy (non-hydrogen) atoms. The van der Waals surface area contributed by atoms with Crippen molar-refractivity contribution in [1.82, 2.24) is 4.90 Å². The molecule has 0 aromatic carbocycles. The highest BCUT2D eigenvalue weighted by Gasteiger charge is 2.21. The van der Waals surface area contributed by atoms with E-state index in [0.717, 1.165) is 0 Å². The lowest BCUT2D eigenvalue weighted by Gasteiger charge is -2.34. The maximum absolute atomic E-state index is 5.85. The van der Waals surface area contributed by atoms with Crippen LogP contribution < -0.4 is 5.73 Å². The van der Waals surface area contributed by atoms with Crippen LogP contribution in [0.15, 0.2) is 0 Å². The number of rotatable bonds is 2. The predicted molar refractivity (Wildman–Crippen MR) is 57.0 cm³/mol. The molecule has 0 spiro atoms. The number of likely N-dealkylation sites (tertiary alicyclic amines) is 1. The molecule has 0 bridgehead atoms. The molecular formula is C9H22N2Si. The summed E-state index contributed by atoms with van der Waals surface area (Å²) < 4.78 is 0. The van der Waals surface area contributed by atoms with Crippen LogP contribution >= 0.6 is 0 Å². The van der Waals surface area contributed by atoms with Gasteiger partial charge in [0.2, 0.25) is 0 Å². The highest BCUT2D eigenvalue weighted by Crippen LogP contribution is 2.11. The van der Waals surface area contributed by atoms with Gasteiger partial charge in [0.05, 0.1) is 8.07 Å². The SMILES string of the molecule is C[Si](C)(C)CN1CCC(N)CC1. The molecule has 0 atom stereocenters. The fourth-order valence-electron chi connectivity index (χ4n) is 1.78. The summed E-state index contributed by atoms with van der Waals surface area (Å²) in [5.41, 5.74) is 5.85. The highest BCUT2D eigenvalue weighted by molar-refractivity contribution is 6.76. The average molecular weight is 186 g/mol. The van der Waals surface area contributed by atoms with Crippen molar-refractivity contribution in [3.8, 4) is 0 Å². The van der Waals surface area contributed by atoms with Crippen molar-refractivity contribution in [2.45, 2.75) is 38.5 Å². The van der Waals surface area contributed by atoms with Crippen molar-refractivity contribution >= 4 is 8.07 Å². The summed E-state index contributed by atoms with van der Waals surface area (Å²) in [7, 11) is -0.882. The maximum Gasteiger partial charge on any atom is 0.0599 e. The number of hydrogen-bond acceptors (Lipinski definition) is 2. The Hall–Kier alpha value is 0.137. The van der Waals surface area contributed by atoms with Crippen LogP contribution in [0.2, 0.25) is 19.6 Å². The van der Waals surface area contributed by atoms with Gasteiger partial charge in [0.15, 0.2) is 0 Å². The Morgan fingerprint density at radius 1 is 1.25 bits per heavy atom. The summed E-state index contributed by atoms with van der Waals surface area (Å²) in [5, 5.41) is 0. The summed E-state index contributed by atoms with van der Waals surface area (Å²) in [6.45, 7) is 9.75. The number of nitrogens with zero attached hydrogens (tertiary/aromatic N) is 1. The second kappa shape index (κ2) is 3.90. The van der Waals surface area contributed by atoms with Crippen molar-refractivity contribution in [2.75, 3.05) is 19.3 Å². The molecule has 1 heterocycles. The first kappa shape index (κ1) is 10.2. The van der Waals surface area contributed by atoms with Crippen LogP contribution in [0.1, 0.15) is 12.8 Å². The zero-order chi connectivity index (χ0) is 9.19. The lowest BCUT2D eigenvalue weighted by atomic mass is 10.1. The van der Waals surface area contributed by atoms with Crippen molar-refractivity contribution in [3.05, 3.63) is 0 Å². The number of piperidine rings is 1. The second-order valence-corrected chi connectivity index (χ2v) is 10.6. The second-order valence-electron chi connectivity index (χ2n) is 5.17. The highest BCUT2D eigenvalue weighted by atomic mass is 28.3. The molecule has 2 nitrogen and oxygen atoms in total. The largest absolute Gasteiger partial charge is 0.328 e. The minimum absolute atomic E-state index is 0.475. The van der Waals surface area contributed by atoms with E-state index in [9.17, 15) is 0 Å². The molecule has 72 valence electrons. The zero-order valence-electron chi connectivity index (χ0n) is 8.64. The third-order valence-electron chi connectivity index (χ3n) is 2.33. The normalized spacial score (nSPS) is 23.0. The van der Waals surface area contributed by atoms with E-state index < -0.39 is 8.07 Å². The number of nitrogens with two attached hydrogens (primary N) is 1. The van der Waals surface area contributed by atoms with Crippen LogP contribution in [0.5, 0.6) is 0 Å². The Balaban J connectivity index is 2.26. The van der Waals surface area contributed by atoms with Gasteiger partial charge in [0.25, 0.3) is 0 Å². The minimum Gasteiger partial charge on any atom is -0.328 e. The van der Waals surface area contributed by atoms with Crippen LogP contribution in [0.25, 0.3) is 0 Å². The molecule has 0 aromatic heterocycles. The Labute approximate surface area is 77.1 Å². The maximum atomic E-state index is 5.85. The third-order valence-corrected chi connectivity index (χ3v) is 3.73. The number of hydrogen-bond donors (Lipinski definition) is 1. The van der Waals surface area contributed by atoms with Crippen LogP contribution in [0.4, 0.5) is 0 Å². The van der Waals surface area contributed by atoms with E-state index in [1.54, 1.807) is 0 Å². The summed E-state index contributed by atoms with van der Waals surface area (Å²) in [6.07, 6.45) is 3.74. The molecule has 1 aliphatic heterocycles. The molecular weight excluding hydrogens is 164 g/mol. The van der Waals surface area contributed by atoms with E-state index in [1.165, 1.54) is 32.1 Å². The summed E-state index contributed by atoms with van der Waals surface area (Å²) >= 11 is 0. The molecule has 0 aromatic rings. The molecule has 1 aliphatic rings. The summed E-state index contributed by atoms with van der Waals surface area (Å²) in [5.74, 6) is 0. The summed E-state index contributed by atoms with van der Waals surface area (Å²) in [4.78, 5) is 2.59. The van der Waals surface area contributed by atoms with Crippen LogP contribution in [-0.4, -0.2) is 38.3 Å². The minimum atomic E-state index is -0.882. The van der Waals surface area contributed by atoms with Crippen molar-refractivity contribution in [2.24, 2.45) is 5.73 Å². The van der Waals surface area contributed by atoms with Gasteiger partial charge in [-0.2, -0.15) is 0 Å². The van der Waals surface area contributed by atoms with Crippen LogP contribution in [0.3, 0.4) is 0 Å². The lowest BCUT2D eigenvalue weighted by Crippen LogP contribution is -2.46. The summed E-state index contributed by atoms with van der Waals surface area (Å²) in [6, 6.07) is 0.475. The van der Waals surface area contributed by atoms with Gasteiger partial charge in [-0.3, -0.25) is 0 Å². The lowest BCUT2D eigenvalue weighted by molar-refractivity contribution is 0.240. The molecule has 0 aliphatic carbocycles. The third kappa shape index (κ3) is 3.69. The van der Waals surface area contributed by atoms with Crippen molar-refractivity contribution in [3.63, 3.8) is 0 Å². The van der Waals surface area contributed by atoms with Gasteiger partial charge in [0.1, 0.15) is 0 Å². The molecule has 0 amide bonds. The van der Waals surface area contributed by atoms with E-state index >= 15 is 0 Å². The Bertz CT molecular complexity index is 134. The monoisotopic (exact) mass is 186 g/mol. The van der Waals surface area contributed by atoms with Gasteiger partial charge in [-0.1, -0.05) is 19.6 Å². The van der Waals surface area contributed by atoms with Crippen LogP contribution in [-0.2, 0) is 0 Å². The topological polar surface area (TPSA) is 29.3 Å². The average Bonchev–Trinajstić information content (AvgIpc) is 1.91. The van der Waals surface area contributed by atoms with Gasteiger partial charge in [0, 0.05) is 6.04 Å². The fraction of sp³-hybridized carbons (Fsp3) is 1.00. The van der Waals surface area contributed by atoms with Gasteiger partial charge in [-0.05, 0) is 32.1 Å². The van der Waals surface area contributed by atoms with Gasteiger partial charge < -0.3 is 10.6 Å². The van der Waals surface area contributed by atoms with E-state index in [1.807, 2.05) is 0 Å². The molecule has 0 radical (unpaired) electrons. The first-order valence-corrected chi connectivity index (χ1v) is 8.66. The molecule has 1 rings (SSSR count). The van der Waals surface area contributed by atoms with E-state index in [0.29, 0.717) is 6.04 Å². The van der Waals surface area contributed by atoms with Crippen LogP contribution in [0, 0.1) is 0 Å². The van der Waals surface area contributed by atoms with Gasteiger partial charge in [-0.15, -0.1) is 0 Å². The van der Waals surface area contributed by atoms with Crippen molar-refractivity contribution in [1.29, 1.82) is 0 Å². The van der Waals surface area contributed by atoms with E-state index in [4.69, 9.17) is 5.73 Å². The smallest absolute Gasteiger partial charge is 0.0599 e.